The minimum atomic E-state index is -0.401. The van der Waals surface area contributed by atoms with E-state index in [0.717, 1.165) is 22.4 Å². The number of carbonyl (C=O) groups excluding carboxylic acids is 1. The highest BCUT2D eigenvalue weighted by Gasteiger charge is 2.25. The Morgan fingerprint density at radius 3 is 1.93 bits per heavy atom. The number of aryl methyl sites for hydroxylation is 2. The molecule has 1 N–H and O–H groups in total. The van der Waals surface area contributed by atoms with Crippen molar-refractivity contribution in [2.24, 2.45) is 5.41 Å². The van der Waals surface area contributed by atoms with Gasteiger partial charge in [0.1, 0.15) is 6.07 Å². The first-order valence-corrected chi connectivity index (χ1v) is 9.35. The van der Waals surface area contributed by atoms with Gasteiger partial charge in [-0.3, -0.25) is 4.79 Å². The monoisotopic (exact) mass is 375 g/mol. The fourth-order valence-electron chi connectivity index (χ4n) is 3.11. The molecular formula is C24H29N3O. The topological polar surface area (TPSA) is 56.1 Å². The Hall–Kier alpha value is -3.06. The summed E-state index contributed by atoms with van der Waals surface area (Å²) in [7, 11) is 3.91. The third-order valence-electron chi connectivity index (χ3n) is 4.51. The average molecular weight is 376 g/mol. The largest absolute Gasteiger partial charge is 0.378 e. The first-order chi connectivity index (χ1) is 13.0. The lowest BCUT2D eigenvalue weighted by Gasteiger charge is -2.26. The van der Waals surface area contributed by atoms with E-state index in [2.05, 4.69) is 17.5 Å². The van der Waals surface area contributed by atoms with Gasteiger partial charge in [0.05, 0.1) is 5.57 Å². The Bertz CT molecular complexity index is 919. The Morgan fingerprint density at radius 1 is 0.964 bits per heavy atom. The molecule has 0 aromatic heterocycles. The standard InChI is InChI=1S/C24H29N3O/c1-16-12-17(2)14-19(13-16)21(15-25)22(24(3,4)5)26-23(28)18-8-10-20(11-9-18)27(6)7/h8-14H,1-7H3,(H,26,28). The number of rotatable bonds is 4. The zero-order valence-electron chi connectivity index (χ0n) is 17.8. The quantitative estimate of drug-likeness (QED) is 0.758. The van der Waals surface area contributed by atoms with Crippen molar-refractivity contribution < 1.29 is 4.79 Å². The van der Waals surface area contributed by atoms with Crippen LogP contribution in [-0.2, 0) is 0 Å². The Morgan fingerprint density at radius 2 is 1.50 bits per heavy atom. The highest BCUT2D eigenvalue weighted by atomic mass is 16.1. The fraction of sp³-hybridized carbons (Fsp3) is 0.333. The fourth-order valence-corrected chi connectivity index (χ4v) is 3.11. The lowest BCUT2D eigenvalue weighted by atomic mass is 9.86. The second-order valence-electron chi connectivity index (χ2n) is 8.38. The molecule has 1 amide bonds. The summed E-state index contributed by atoms with van der Waals surface area (Å²) in [5.74, 6) is -0.215. The van der Waals surface area contributed by atoms with Crippen molar-refractivity contribution in [2.75, 3.05) is 19.0 Å². The van der Waals surface area contributed by atoms with Gasteiger partial charge in [-0.15, -0.1) is 0 Å². The highest BCUT2D eigenvalue weighted by Crippen LogP contribution is 2.31. The van der Waals surface area contributed by atoms with Gasteiger partial charge in [-0.1, -0.05) is 50.1 Å². The summed E-state index contributed by atoms with van der Waals surface area (Å²) in [5, 5.41) is 12.9. The van der Waals surface area contributed by atoms with Crippen LogP contribution in [0, 0.1) is 30.6 Å². The first kappa shape index (κ1) is 21.2. The molecule has 0 aliphatic rings. The lowest BCUT2D eigenvalue weighted by Crippen LogP contribution is -2.31. The second-order valence-corrected chi connectivity index (χ2v) is 8.38. The normalized spacial score (nSPS) is 12.1. The molecule has 4 nitrogen and oxygen atoms in total. The molecule has 2 aromatic carbocycles. The number of nitrogens with one attached hydrogen (secondary N) is 1. The maximum absolute atomic E-state index is 12.9. The number of hydrogen-bond acceptors (Lipinski definition) is 3. The van der Waals surface area contributed by atoms with E-state index in [0.29, 0.717) is 16.8 Å². The van der Waals surface area contributed by atoms with E-state index in [1.807, 2.05) is 77.9 Å². The zero-order chi connectivity index (χ0) is 21.1. The van der Waals surface area contributed by atoms with E-state index >= 15 is 0 Å². The molecule has 146 valence electrons. The molecule has 0 fully saturated rings. The molecule has 28 heavy (non-hydrogen) atoms. The van der Waals surface area contributed by atoms with Crippen LogP contribution in [0.1, 0.15) is 47.8 Å². The van der Waals surface area contributed by atoms with Gasteiger partial charge in [0.15, 0.2) is 0 Å². The molecule has 2 aromatic rings. The van der Waals surface area contributed by atoms with Crippen molar-refractivity contribution in [1.82, 2.24) is 5.32 Å². The minimum absolute atomic E-state index is 0.215. The summed E-state index contributed by atoms with van der Waals surface area (Å²) in [4.78, 5) is 14.9. The van der Waals surface area contributed by atoms with Crippen LogP contribution in [0.3, 0.4) is 0 Å². The zero-order valence-corrected chi connectivity index (χ0v) is 17.8. The van der Waals surface area contributed by atoms with Crippen LogP contribution in [0.2, 0.25) is 0 Å². The van der Waals surface area contributed by atoms with E-state index < -0.39 is 5.41 Å². The number of nitrogens with zero attached hydrogens (tertiary/aromatic N) is 2. The van der Waals surface area contributed by atoms with Crippen molar-refractivity contribution in [3.8, 4) is 6.07 Å². The number of hydrogen-bond donors (Lipinski definition) is 1. The maximum atomic E-state index is 12.9. The van der Waals surface area contributed by atoms with E-state index in [4.69, 9.17) is 0 Å². The molecule has 0 saturated carbocycles. The molecule has 0 radical (unpaired) electrons. The summed E-state index contributed by atoms with van der Waals surface area (Å²) >= 11 is 0. The van der Waals surface area contributed by atoms with Gasteiger partial charge in [0.2, 0.25) is 0 Å². The Labute approximate surface area is 168 Å². The summed E-state index contributed by atoms with van der Waals surface area (Å²) in [6.45, 7) is 10.0. The van der Waals surface area contributed by atoms with Gasteiger partial charge < -0.3 is 10.2 Å². The van der Waals surface area contributed by atoms with E-state index in [-0.39, 0.29) is 5.91 Å². The van der Waals surface area contributed by atoms with Gasteiger partial charge >= 0.3 is 0 Å². The van der Waals surface area contributed by atoms with Crippen LogP contribution in [0.5, 0.6) is 0 Å². The van der Waals surface area contributed by atoms with Crippen molar-refractivity contribution in [1.29, 1.82) is 5.26 Å². The molecule has 2 rings (SSSR count). The van der Waals surface area contributed by atoms with Crippen LogP contribution in [0.15, 0.2) is 48.2 Å². The molecule has 4 heteroatoms. The minimum Gasteiger partial charge on any atom is -0.378 e. The van der Waals surface area contributed by atoms with Crippen LogP contribution >= 0.6 is 0 Å². The first-order valence-electron chi connectivity index (χ1n) is 9.35. The maximum Gasteiger partial charge on any atom is 0.255 e. The van der Waals surface area contributed by atoms with E-state index in [9.17, 15) is 10.1 Å². The third-order valence-corrected chi connectivity index (χ3v) is 4.51. The number of nitriles is 1. The van der Waals surface area contributed by atoms with Gasteiger partial charge in [0.25, 0.3) is 5.91 Å². The summed E-state index contributed by atoms with van der Waals surface area (Å²) in [6, 6.07) is 15.8. The predicted octanol–water partition coefficient (Wildman–Crippen LogP) is 5.08. The van der Waals surface area contributed by atoms with Gasteiger partial charge in [-0.2, -0.15) is 5.26 Å². The number of allylic oxidation sites excluding steroid dienone is 2. The van der Waals surface area contributed by atoms with Crippen molar-refractivity contribution in [3.63, 3.8) is 0 Å². The van der Waals surface area contributed by atoms with Gasteiger partial charge in [-0.05, 0) is 43.7 Å². The number of anilines is 1. The Balaban J connectivity index is 2.49. The lowest BCUT2D eigenvalue weighted by molar-refractivity contribution is 0.0958. The molecule has 0 heterocycles. The second kappa shape index (κ2) is 8.31. The summed E-state index contributed by atoms with van der Waals surface area (Å²) < 4.78 is 0. The molecule has 0 unspecified atom stereocenters. The smallest absolute Gasteiger partial charge is 0.255 e. The van der Waals surface area contributed by atoms with E-state index in [1.54, 1.807) is 12.1 Å². The number of benzene rings is 2. The summed E-state index contributed by atoms with van der Waals surface area (Å²) in [6.07, 6.45) is 0. The van der Waals surface area contributed by atoms with Crippen LogP contribution in [0.25, 0.3) is 5.57 Å². The highest BCUT2D eigenvalue weighted by molar-refractivity contribution is 5.97. The average Bonchev–Trinajstić information content (AvgIpc) is 2.59. The molecule has 0 aliphatic carbocycles. The Kier molecular flexibility index (Phi) is 6.30. The van der Waals surface area contributed by atoms with Gasteiger partial charge in [0, 0.05) is 36.5 Å². The summed E-state index contributed by atoms with van der Waals surface area (Å²) in [5.41, 5.74) is 5.30. The van der Waals surface area contributed by atoms with Crippen LogP contribution in [0.4, 0.5) is 5.69 Å². The molecule has 0 spiro atoms. The third kappa shape index (κ3) is 5.01. The molecular weight excluding hydrogens is 346 g/mol. The predicted molar refractivity (Wildman–Crippen MR) is 116 cm³/mol. The van der Waals surface area contributed by atoms with Crippen molar-refractivity contribution in [3.05, 3.63) is 70.4 Å². The SMILES string of the molecule is Cc1cc(C)cc(C(C#N)=C(NC(=O)c2ccc(N(C)C)cc2)C(C)(C)C)c1. The van der Waals surface area contributed by atoms with Crippen LogP contribution in [-0.4, -0.2) is 20.0 Å². The van der Waals surface area contributed by atoms with Crippen molar-refractivity contribution >= 4 is 17.2 Å². The van der Waals surface area contributed by atoms with Gasteiger partial charge in [-0.25, -0.2) is 0 Å². The number of carbonyl (C=O) groups is 1. The van der Waals surface area contributed by atoms with Crippen LogP contribution < -0.4 is 10.2 Å². The molecule has 0 saturated heterocycles. The molecule has 0 aliphatic heterocycles. The molecule has 0 atom stereocenters. The van der Waals surface area contributed by atoms with E-state index in [1.165, 1.54) is 0 Å². The van der Waals surface area contributed by atoms with Crippen molar-refractivity contribution in [2.45, 2.75) is 34.6 Å². The number of amides is 1. The molecule has 0 bridgehead atoms.